The average Bonchev–Trinajstić information content (AvgIpc) is 2.66. The molecule has 1 saturated carbocycles. The van der Waals surface area contributed by atoms with E-state index in [4.69, 9.17) is 4.74 Å². The maximum atomic E-state index is 9.71. The van der Waals surface area contributed by atoms with Gasteiger partial charge in [-0.05, 0) is 42.4 Å². The van der Waals surface area contributed by atoms with Gasteiger partial charge in [-0.2, -0.15) is 0 Å². The first kappa shape index (κ1) is 13.2. The summed E-state index contributed by atoms with van der Waals surface area (Å²) in [6.07, 6.45) is 3.77. The molecule has 2 rings (SSSR count). The zero-order chi connectivity index (χ0) is 13.2. The molecule has 0 amide bonds. The van der Waals surface area contributed by atoms with Gasteiger partial charge in [0.1, 0.15) is 0 Å². The second-order valence-electron chi connectivity index (χ2n) is 5.99. The lowest BCUT2D eigenvalue weighted by Gasteiger charge is -2.18. The predicted octanol–water partition coefficient (Wildman–Crippen LogP) is 3.07. The predicted molar refractivity (Wildman–Crippen MR) is 72.9 cm³/mol. The van der Waals surface area contributed by atoms with Crippen molar-refractivity contribution >= 4 is 0 Å². The highest BCUT2D eigenvalue weighted by Gasteiger charge is 2.30. The van der Waals surface area contributed by atoms with Gasteiger partial charge in [0, 0.05) is 12.6 Å². The lowest BCUT2D eigenvalue weighted by Crippen LogP contribution is -2.26. The first-order valence-corrected chi connectivity index (χ1v) is 6.59. The molecule has 3 nitrogen and oxygen atoms in total. The van der Waals surface area contributed by atoms with Crippen LogP contribution in [0.25, 0.3) is 0 Å². The van der Waals surface area contributed by atoms with Gasteiger partial charge in [0.05, 0.1) is 7.11 Å². The number of benzene rings is 1. The highest BCUT2D eigenvalue weighted by atomic mass is 16.5. The lowest BCUT2D eigenvalue weighted by atomic mass is 9.92. The van der Waals surface area contributed by atoms with Crippen LogP contribution >= 0.6 is 0 Å². The molecule has 2 N–H and O–H groups in total. The standard InChI is InChI=1S/C15H23NO2/c1-15(2)7-6-12(9-15)16-10-11-4-5-14(18-3)13(17)8-11/h4-5,8,12,16-17H,6-7,9-10H2,1-3H3. The molecule has 1 aromatic carbocycles. The van der Waals surface area contributed by atoms with Gasteiger partial charge in [0.25, 0.3) is 0 Å². The van der Waals surface area contributed by atoms with E-state index in [-0.39, 0.29) is 5.75 Å². The molecule has 0 radical (unpaired) electrons. The molecule has 0 saturated heterocycles. The number of phenolic OH excluding ortho intramolecular Hbond substituents is 1. The number of hydrogen-bond donors (Lipinski definition) is 2. The van der Waals surface area contributed by atoms with Gasteiger partial charge < -0.3 is 15.2 Å². The van der Waals surface area contributed by atoms with Crippen molar-refractivity contribution in [3.05, 3.63) is 23.8 Å². The Morgan fingerprint density at radius 1 is 1.44 bits per heavy atom. The molecule has 1 aliphatic carbocycles. The van der Waals surface area contributed by atoms with Gasteiger partial charge in [-0.1, -0.05) is 19.9 Å². The summed E-state index contributed by atoms with van der Waals surface area (Å²) >= 11 is 0. The number of hydrogen-bond acceptors (Lipinski definition) is 3. The minimum Gasteiger partial charge on any atom is -0.504 e. The number of rotatable bonds is 4. The van der Waals surface area contributed by atoms with Gasteiger partial charge in [-0.25, -0.2) is 0 Å². The third-order valence-corrected chi connectivity index (χ3v) is 3.81. The van der Waals surface area contributed by atoms with E-state index in [0.717, 1.165) is 12.1 Å². The second kappa shape index (κ2) is 5.19. The van der Waals surface area contributed by atoms with E-state index in [1.54, 1.807) is 13.2 Å². The van der Waals surface area contributed by atoms with Gasteiger partial charge in [-0.3, -0.25) is 0 Å². The van der Waals surface area contributed by atoms with E-state index in [1.165, 1.54) is 19.3 Å². The summed E-state index contributed by atoms with van der Waals surface area (Å²) in [6.45, 7) is 5.46. The van der Waals surface area contributed by atoms with Crippen LogP contribution < -0.4 is 10.1 Å². The van der Waals surface area contributed by atoms with Crippen molar-refractivity contribution < 1.29 is 9.84 Å². The van der Waals surface area contributed by atoms with Gasteiger partial charge in [0.15, 0.2) is 11.5 Å². The van der Waals surface area contributed by atoms with Crippen molar-refractivity contribution in [2.24, 2.45) is 5.41 Å². The van der Waals surface area contributed by atoms with E-state index in [2.05, 4.69) is 19.2 Å². The summed E-state index contributed by atoms with van der Waals surface area (Å²) in [6, 6.07) is 6.17. The van der Waals surface area contributed by atoms with Gasteiger partial charge in [0.2, 0.25) is 0 Å². The monoisotopic (exact) mass is 249 g/mol. The van der Waals surface area contributed by atoms with Crippen molar-refractivity contribution in [1.82, 2.24) is 5.32 Å². The van der Waals surface area contributed by atoms with Crippen LogP contribution in [0.5, 0.6) is 11.5 Å². The average molecular weight is 249 g/mol. The fourth-order valence-corrected chi connectivity index (χ4v) is 2.72. The molecular weight excluding hydrogens is 226 g/mol. The number of nitrogens with one attached hydrogen (secondary N) is 1. The number of methoxy groups -OCH3 is 1. The van der Waals surface area contributed by atoms with E-state index in [9.17, 15) is 5.11 Å². The Balaban J connectivity index is 1.89. The fourth-order valence-electron chi connectivity index (χ4n) is 2.72. The molecule has 1 aromatic rings. The minimum absolute atomic E-state index is 0.212. The van der Waals surface area contributed by atoms with E-state index in [0.29, 0.717) is 17.2 Å². The largest absolute Gasteiger partial charge is 0.504 e. The summed E-state index contributed by atoms with van der Waals surface area (Å²) in [4.78, 5) is 0. The van der Waals surface area contributed by atoms with E-state index in [1.807, 2.05) is 12.1 Å². The van der Waals surface area contributed by atoms with Crippen molar-refractivity contribution in [2.75, 3.05) is 7.11 Å². The van der Waals surface area contributed by atoms with Crippen LogP contribution in [0, 0.1) is 5.41 Å². The summed E-state index contributed by atoms with van der Waals surface area (Å²) < 4.78 is 5.03. The molecule has 1 atom stereocenters. The van der Waals surface area contributed by atoms with Gasteiger partial charge >= 0.3 is 0 Å². The molecule has 0 spiro atoms. The Morgan fingerprint density at radius 3 is 2.78 bits per heavy atom. The van der Waals surface area contributed by atoms with Crippen LogP contribution in [0.15, 0.2) is 18.2 Å². The summed E-state index contributed by atoms with van der Waals surface area (Å²) in [5.41, 5.74) is 1.57. The van der Waals surface area contributed by atoms with Crippen LogP contribution in [0.3, 0.4) is 0 Å². The molecule has 0 aliphatic heterocycles. The highest BCUT2D eigenvalue weighted by molar-refractivity contribution is 5.41. The third kappa shape index (κ3) is 3.16. The summed E-state index contributed by atoms with van der Waals surface area (Å²) in [5, 5.41) is 13.3. The number of ether oxygens (including phenoxy) is 1. The second-order valence-corrected chi connectivity index (χ2v) is 5.99. The molecule has 100 valence electrons. The van der Waals surface area contributed by atoms with Crippen LogP contribution in [0.4, 0.5) is 0 Å². The Labute approximate surface area is 109 Å². The van der Waals surface area contributed by atoms with Gasteiger partial charge in [-0.15, -0.1) is 0 Å². The van der Waals surface area contributed by atoms with Crippen molar-refractivity contribution in [1.29, 1.82) is 0 Å². The third-order valence-electron chi connectivity index (χ3n) is 3.81. The molecule has 1 fully saturated rings. The van der Waals surface area contributed by atoms with Crippen molar-refractivity contribution in [3.8, 4) is 11.5 Å². The number of aromatic hydroxyl groups is 1. The minimum atomic E-state index is 0.212. The molecule has 1 unspecified atom stereocenters. The molecule has 3 heteroatoms. The highest BCUT2D eigenvalue weighted by Crippen LogP contribution is 2.37. The number of phenols is 1. The smallest absolute Gasteiger partial charge is 0.160 e. The Bertz CT molecular complexity index is 415. The molecule has 1 aliphatic rings. The van der Waals surface area contributed by atoms with E-state index >= 15 is 0 Å². The van der Waals surface area contributed by atoms with Crippen LogP contribution in [0.2, 0.25) is 0 Å². The first-order valence-electron chi connectivity index (χ1n) is 6.59. The first-order chi connectivity index (χ1) is 8.50. The van der Waals surface area contributed by atoms with Crippen LogP contribution in [0.1, 0.15) is 38.7 Å². The fraction of sp³-hybridized carbons (Fsp3) is 0.600. The molecular formula is C15H23NO2. The SMILES string of the molecule is COc1ccc(CNC2CCC(C)(C)C2)cc1O. The summed E-state index contributed by atoms with van der Waals surface area (Å²) in [7, 11) is 1.56. The maximum absolute atomic E-state index is 9.71. The topological polar surface area (TPSA) is 41.5 Å². The Hall–Kier alpha value is -1.22. The molecule has 18 heavy (non-hydrogen) atoms. The lowest BCUT2D eigenvalue weighted by molar-refractivity contribution is 0.363. The maximum Gasteiger partial charge on any atom is 0.160 e. The summed E-state index contributed by atoms with van der Waals surface area (Å²) in [5.74, 6) is 0.740. The Morgan fingerprint density at radius 2 is 2.22 bits per heavy atom. The van der Waals surface area contributed by atoms with Crippen molar-refractivity contribution in [3.63, 3.8) is 0 Å². The molecule has 0 aromatic heterocycles. The normalized spacial score (nSPS) is 22.1. The van der Waals surface area contributed by atoms with Crippen molar-refractivity contribution in [2.45, 2.75) is 45.7 Å². The zero-order valence-electron chi connectivity index (χ0n) is 11.5. The Kier molecular flexibility index (Phi) is 3.81. The van der Waals surface area contributed by atoms with E-state index < -0.39 is 0 Å². The quantitative estimate of drug-likeness (QED) is 0.861. The zero-order valence-corrected chi connectivity index (χ0v) is 11.5. The van der Waals surface area contributed by atoms with Crippen LogP contribution in [-0.4, -0.2) is 18.3 Å². The molecule has 0 heterocycles. The van der Waals surface area contributed by atoms with Crippen LogP contribution in [-0.2, 0) is 6.54 Å². The molecule has 0 bridgehead atoms.